The lowest BCUT2D eigenvalue weighted by atomic mass is 9.86. The molecule has 1 aliphatic rings. The van der Waals surface area contributed by atoms with Crippen LogP contribution in [0.2, 0.25) is 0 Å². The standard InChI is InChI=1S/C20H33NOS/c1-2-20(21,16-22)15-14-19-13-12-18(23-19)11-7-6-10-17-8-4-3-5-9-17/h7,11-13,17,22H,2-6,8-10,14-16,21H2,1H3/b11-7+. The zero-order chi connectivity index (χ0) is 16.5. The van der Waals surface area contributed by atoms with Crippen molar-refractivity contribution in [2.45, 2.75) is 76.7 Å². The van der Waals surface area contributed by atoms with E-state index in [1.807, 2.05) is 18.3 Å². The monoisotopic (exact) mass is 335 g/mol. The molecule has 1 unspecified atom stereocenters. The second-order valence-electron chi connectivity index (χ2n) is 7.16. The predicted octanol–water partition coefficient (Wildman–Crippen LogP) is 5.15. The molecule has 0 bridgehead atoms. The van der Waals surface area contributed by atoms with E-state index in [-0.39, 0.29) is 6.61 Å². The van der Waals surface area contributed by atoms with E-state index in [1.54, 1.807) is 0 Å². The van der Waals surface area contributed by atoms with Gasteiger partial charge in [0.1, 0.15) is 0 Å². The first kappa shape index (κ1) is 18.7. The van der Waals surface area contributed by atoms with Crippen molar-refractivity contribution in [3.8, 4) is 0 Å². The van der Waals surface area contributed by atoms with Crippen LogP contribution in [-0.4, -0.2) is 17.3 Å². The number of aliphatic hydroxyl groups excluding tert-OH is 1. The zero-order valence-electron chi connectivity index (χ0n) is 14.6. The van der Waals surface area contributed by atoms with E-state index in [4.69, 9.17) is 5.73 Å². The minimum Gasteiger partial charge on any atom is -0.394 e. The third-order valence-electron chi connectivity index (χ3n) is 5.32. The first-order chi connectivity index (χ1) is 11.1. The first-order valence-corrected chi connectivity index (χ1v) is 10.1. The lowest BCUT2D eigenvalue weighted by Gasteiger charge is -2.25. The lowest BCUT2D eigenvalue weighted by molar-refractivity contribution is 0.183. The van der Waals surface area contributed by atoms with E-state index < -0.39 is 5.54 Å². The molecule has 1 aliphatic carbocycles. The van der Waals surface area contributed by atoms with Gasteiger partial charge in [-0.25, -0.2) is 0 Å². The highest BCUT2D eigenvalue weighted by Gasteiger charge is 2.21. The lowest BCUT2D eigenvalue weighted by Crippen LogP contribution is -2.43. The summed E-state index contributed by atoms with van der Waals surface area (Å²) in [5.41, 5.74) is 5.74. The van der Waals surface area contributed by atoms with Gasteiger partial charge in [-0.1, -0.05) is 45.1 Å². The molecule has 3 heteroatoms. The summed E-state index contributed by atoms with van der Waals surface area (Å²) >= 11 is 1.86. The van der Waals surface area contributed by atoms with Gasteiger partial charge in [0.2, 0.25) is 0 Å². The SMILES string of the molecule is CCC(N)(CO)CCc1ccc(/C=C/CCC2CCCCC2)s1. The quantitative estimate of drug-likeness (QED) is 0.655. The number of rotatable bonds is 9. The molecule has 0 aliphatic heterocycles. The molecule has 0 spiro atoms. The number of aryl methyl sites for hydroxylation is 1. The maximum absolute atomic E-state index is 9.39. The number of thiophene rings is 1. The van der Waals surface area contributed by atoms with Gasteiger partial charge in [-0.15, -0.1) is 11.3 Å². The molecule has 1 aromatic rings. The van der Waals surface area contributed by atoms with Crippen molar-refractivity contribution in [3.63, 3.8) is 0 Å². The first-order valence-electron chi connectivity index (χ1n) is 9.30. The fourth-order valence-corrected chi connectivity index (χ4v) is 4.31. The van der Waals surface area contributed by atoms with Crippen LogP contribution in [0.5, 0.6) is 0 Å². The summed E-state index contributed by atoms with van der Waals surface area (Å²) in [6.07, 6.45) is 17.0. The van der Waals surface area contributed by atoms with Crippen molar-refractivity contribution in [1.82, 2.24) is 0 Å². The van der Waals surface area contributed by atoms with Gasteiger partial charge in [0, 0.05) is 15.3 Å². The van der Waals surface area contributed by atoms with Gasteiger partial charge in [0.25, 0.3) is 0 Å². The molecule has 0 saturated heterocycles. The van der Waals surface area contributed by atoms with Crippen molar-refractivity contribution in [1.29, 1.82) is 0 Å². The maximum atomic E-state index is 9.39. The highest BCUT2D eigenvalue weighted by Crippen LogP contribution is 2.28. The smallest absolute Gasteiger partial charge is 0.0611 e. The van der Waals surface area contributed by atoms with Crippen molar-refractivity contribution in [2.75, 3.05) is 6.61 Å². The summed E-state index contributed by atoms with van der Waals surface area (Å²) in [5, 5.41) is 9.39. The van der Waals surface area contributed by atoms with E-state index in [0.717, 1.165) is 25.2 Å². The fraction of sp³-hybridized carbons (Fsp3) is 0.700. The Morgan fingerprint density at radius 2 is 2.09 bits per heavy atom. The van der Waals surface area contributed by atoms with E-state index in [9.17, 15) is 5.11 Å². The maximum Gasteiger partial charge on any atom is 0.0611 e. The molecule has 3 N–H and O–H groups in total. The van der Waals surface area contributed by atoms with Crippen molar-refractivity contribution >= 4 is 17.4 Å². The van der Waals surface area contributed by atoms with Crippen LogP contribution in [0.4, 0.5) is 0 Å². The molecule has 1 aromatic heterocycles. The third kappa shape index (κ3) is 6.40. The van der Waals surface area contributed by atoms with Gasteiger partial charge in [0.15, 0.2) is 0 Å². The number of hydrogen-bond donors (Lipinski definition) is 2. The van der Waals surface area contributed by atoms with E-state index in [1.165, 1.54) is 54.7 Å². The van der Waals surface area contributed by atoms with Gasteiger partial charge in [-0.2, -0.15) is 0 Å². The Bertz CT molecular complexity index is 470. The van der Waals surface area contributed by atoms with Crippen LogP contribution >= 0.6 is 11.3 Å². The molecule has 1 fully saturated rings. The molecular formula is C20H33NOS. The van der Waals surface area contributed by atoms with Gasteiger partial charge in [0.05, 0.1) is 6.61 Å². The molecule has 1 saturated carbocycles. The number of aliphatic hydroxyl groups is 1. The molecular weight excluding hydrogens is 302 g/mol. The number of hydrogen-bond acceptors (Lipinski definition) is 3. The second kappa shape index (κ2) is 9.61. The van der Waals surface area contributed by atoms with Gasteiger partial charge in [-0.05, 0) is 56.2 Å². The van der Waals surface area contributed by atoms with Crippen LogP contribution < -0.4 is 5.73 Å². The Morgan fingerprint density at radius 1 is 1.30 bits per heavy atom. The zero-order valence-corrected chi connectivity index (χ0v) is 15.4. The topological polar surface area (TPSA) is 46.2 Å². The second-order valence-corrected chi connectivity index (χ2v) is 8.36. The Labute approximate surface area is 145 Å². The molecule has 130 valence electrons. The van der Waals surface area contributed by atoms with E-state index in [2.05, 4.69) is 24.3 Å². The summed E-state index contributed by atoms with van der Waals surface area (Å²) < 4.78 is 0. The summed E-state index contributed by atoms with van der Waals surface area (Å²) in [6.45, 7) is 2.12. The van der Waals surface area contributed by atoms with Crippen LogP contribution in [0.25, 0.3) is 6.08 Å². The average Bonchev–Trinajstić information content (AvgIpc) is 3.05. The summed E-state index contributed by atoms with van der Waals surface area (Å²) in [7, 11) is 0. The van der Waals surface area contributed by atoms with Gasteiger partial charge in [-0.3, -0.25) is 0 Å². The normalized spacial score (nSPS) is 19.3. The Balaban J connectivity index is 1.72. The molecule has 23 heavy (non-hydrogen) atoms. The number of allylic oxidation sites excluding steroid dienone is 1. The van der Waals surface area contributed by atoms with Crippen LogP contribution in [0.1, 0.15) is 74.5 Å². The minimum atomic E-state index is -0.417. The van der Waals surface area contributed by atoms with Crippen LogP contribution in [0.15, 0.2) is 18.2 Å². The van der Waals surface area contributed by atoms with Crippen LogP contribution in [-0.2, 0) is 6.42 Å². The molecule has 0 amide bonds. The van der Waals surface area contributed by atoms with Crippen molar-refractivity contribution in [3.05, 3.63) is 28.0 Å². The molecule has 2 nitrogen and oxygen atoms in total. The fourth-order valence-electron chi connectivity index (χ4n) is 3.37. The molecule has 1 heterocycles. The van der Waals surface area contributed by atoms with Crippen LogP contribution in [0, 0.1) is 5.92 Å². The van der Waals surface area contributed by atoms with Gasteiger partial charge >= 0.3 is 0 Å². The Morgan fingerprint density at radius 3 is 2.78 bits per heavy atom. The summed E-state index contributed by atoms with van der Waals surface area (Å²) in [5.74, 6) is 0.970. The van der Waals surface area contributed by atoms with Crippen molar-refractivity contribution < 1.29 is 5.11 Å². The number of nitrogens with two attached hydrogens (primary N) is 1. The predicted molar refractivity (Wildman–Crippen MR) is 102 cm³/mol. The summed E-state index contributed by atoms with van der Waals surface area (Å²) in [4.78, 5) is 2.71. The highest BCUT2D eigenvalue weighted by atomic mass is 32.1. The van der Waals surface area contributed by atoms with Gasteiger partial charge < -0.3 is 10.8 Å². The molecule has 0 radical (unpaired) electrons. The third-order valence-corrected chi connectivity index (χ3v) is 6.43. The molecule has 0 aromatic carbocycles. The average molecular weight is 336 g/mol. The Kier molecular flexibility index (Phi) is 7.81. The van der Waals surface area contributed by atoms with Crippen molar-refractivity contribution in [2.24, 2.45) is 11.7 Å². The van der Waals surface area contributed by atoms with E-state index in [0.29, 0.717) is 0 Å². The minimum absolute atomic E-state index is 0.0722. The van der Waals surface area contributed by atoms with Crippen LogP contribution in [0.3, 0.4) is 0 Å². The molecule has 1 atom stereocenters. The highest BCUT2D eigenvalue weighted by molar-refractivity contribution is 7.12. The van der Waals surface area contributed by atoms with E-state index >= 15 is 0 Å². The largest absolute Gasteiger partial charge is 0.394 e. The molecule has 2 rings (SSSR count). The Hall–Kier alpha value is -0.640. The summed E-state index contributed by atoms with van der Waals surface area (Å²) in [6, 6.07) is 4.42.